The van der Waals surface area contributed by atoms with E-state index in [1.165, 1.54) is 4.90 Å². The summed E-state index contributed by atoms with van der Waals surface area (Å²) in [5.41, 5.74) is 2.55. The summed E-state index contributed by atoms with van der Waals surface area (Å²) in [5.74, 6) is -2.24. The first-order valence-electron chi connectivity index (χ1n) is 9.64. The van der Waals surface area contributed by atoms with Gasteiger partial charge in [0.25, 0.3) is 11.8 Å². The van der Waals surface area contributed by atoms with Crippen LogP contribution in [0.4, 0.5) is 4.39 Å². The second-order valence-electron chi connectivity index (χ2n) is 7.55. The molecule has 2 aromatic carbocycles. The smallest absolute Gasteiger partial charge is 0.255 e. The Bertz CT molecular complexity index is 1060. The van der Waals surface area contributed by atoms with E-state index in [4.69, 9.17) is 0 Å². The second kappa shape index (κ2) is 7.70. The number of rotatable bonds is 4. The fourth-order valence-electron chi connectivity index (χ4n) is 3.76. The molecule has 8 heteroatoms. The standard InChI is InChI=1S/C22H20FN3O4/c1-12-2-4-13(5-3-12)20(28)24-10-14-8-15-11-26(22(30)16(15)9-17(14)23)18-6-7-19(27)25-21(18)29/h2-5,8-9,18H,6-7,10-11H2,1H3,(H,24,28)(H,25,27,29). The number of amides is 4. The summed E-state index contributed by atoms with van der Waals surface area (Å²) in [6, 6.07) is 8.97. The quantitative estimate of drug-likeness (QED) is 0.753. The van der Waals surface area contributed by atoms with Gasteiger partial charge in [-0.3, -0.25) is 24.5 Å². The Labute approximate surface area is 172 Å². The molecule has 2 N–H and O–H groups in total. The van der Waals surface area contributed by atoms with Crippen molar-refractivity contribution in [1.82, 2.24) is 15.5 Å². The summed E-state index contributed by atoms with van der Waals surface area (Å²) in [6.45, 7) is 2.04. The maximum atomic E-state index is 14.6. The van der Waals surface area contributed by atoms with Gasteiger partial charge in [-0.25, -0.2) is 4.39 Å². The van der Waals surface area contributed by atoms with E-state index >= 15 is 0 Å². The summed E-state index contributed by atoms with van der Waals surface area (Å²) in [5, 5.41) is 4.92. The van der Waals surface area contributed by atoms with Gasteiger partial charge in [-0.2, -0.15) is 0 Å². The molecule has 4 rings (SSSR count). The van der Waals surface area contributed by atoms with Crippen LogP contribution in [0.15, 0.2) is 36.4 Å². The molecule has 154 valence electrons. The molecule has 1 atom stereocenters. The van der Waals surface area contributed by atoms with Gasteiger partial charge in [0.2, 0.25) is 11.8 Å². The molecule has 4 amide bonds. The number of carbonyl (C=O) groups excluding carboxylic acids is 4. The Hall–Kier alpha value is -3.55. The van der Waals surface area contributed by atoms with Gasteiger partial charge in [-0.15, -0.1) is 0 Å². The highest BCUT2D eigenvalue weighted by Gasteiger charge is 2.39. The van der Waals surface area contributed by atoms with Gasteiger partial charge in [0.05, 0.1) is 0 Å². The third-order valence-corrected chi connectivity index (χ3v) is 5.44. The van der Waals surface area contributed by atoms with Crippen LogP contribution in [0.2, 0.25) is 0 Å². The van der Waals surface area contributed by atoms with Crippen molar-refractivity contribution < 1.29 is 23.6 Å². The van der Waals surface area contributed by atoms with Crippen LogP contribution >= 0.6 is 0 Å². The lowest BCUT2D eigenvalue weighted by atomic mass is 10.0. The van der Waals surface area contributed by atoms with Crippen LogP contribution in [0.1, 0.15) is 50.2 Å². The van der Waals surface area contributed by atoms with Gasteiger partial charge in [0, 0.05) is 36.2 Å². The van der Waals surface area contributed by atoms with E-state index in [0.29, 0.717) is 11.1 Å². The van der Waals surface area contributed by atoms with Crippen molar-refractivity contribution in [3.05, 3.63) is 70.0 Å². The minimum absolute atomic E-state index is 0.0293. The number of fused-ring (bicyclic) bond motifs is 1. The predicted molar refractivity (Wildman–Crippen MR) is 105 cm³/mol. The van der Waals surface area contributed by atoms with Crippen molar-refractivity contribution in [3.63, 3.8) is 0 Å². The molecule has 2 aliphatic rings. The first-order chi connectivity index (χ1) is 14.3. The average molecular weight is 409 g/mol. The summed E-state index contributed by atoms with van der Waals surface area (Å²) in [4.78, 5) is 49.8. The molecule has 0 bridgehead atoms. The first kappa shape index (κ1) is 19.8. The molecule has 1 saturated heterocycles. The Morgan fingerprint density at radius 2 is 1.93 bits per heavy atom. The minimum atomic E-state index is -0.754. The third kappa shape index (κ3) is 3.68. The third-order valence-electron chi connectivity index (χ3n) is 5.44. The largest absolute Gasteiger partial charge is 0.348 e. The van der Waals surface area contributed by atoms with Crippen LogP contribution in [-0.4, -0.2) is 34.6 Å². The first-order valence-corrected chi connectivity index (χ1v) is 9.64. The lowest BCUT2D eigenvalue weighted by Gasteiger charge is -2.29. The number of carbonyl (C=O) groups is 4. The van der Waals surface area contributed by atoms with E-state index < -0.39 is 23.7 Å². The van der Waals surface area contributed by atoms with Gasteiger partial charge in [-0.05, 0) is 43.2 Å². The lowest BCUT2D eigenvalue weighted by molar-refractivity contribution is -0.136. The second-order valence-corrected chi connectivity index (χ2v) is 7.55. The fraction of sp³-hybridized carbons (Fsp3) is 0.273. The van der Waals surface area contributed by atoms with Crippen molar-refractivity contribution in [3.8, 4) is 0 Å². The zero-order valence-corrected chi connectivity index (χ0v) is 16.3. The van der Waals surface area contributed by atoms with Crippen LogP contribution in [0.3, 0.4) is 0 Å². The van der Waals surface area contributed by atoms with Gasteiger partial charge in [0.1, 0.15) is 11.9 Å². The van der Waals surface area contributed by atoms with Crippen molar-refractivity contribution in [2.45, 2.75) is 38.9 Å². The van der Waals surface area contributed by atoms with Crippen LogP contribution in [0, 0.1) is 12.7 Å². The molecule has 7 nitrogen and oxygen atoms in total. The topological polar surface area (TPSA) is 95.6 Å². The number of nitrogens with zero attached hydrogens (tertiary/aromatic N) is 1. The molecule has 2 heterocycles. The van der Waals surface area contributed by atoms with Crippen LogP contribution in [0.5, 0.6) is 0 Å². The van der Waals surface area contributed by atoms with Crippen LogP contribution in [0.25, 0.3) is 0 Å². The van der Waals surface area contributed by atoms with E-state index in [1.807, 2.05) is 19.1 Å². The Balaban J connectivity index is 1.48. The van der Waals surface area contributed by atoms with Crippen LogP contribution in [-0.2, 0) is 22.7 Å². The predicted octanol–water partition coefficient (Wildman–Crippen LogP) is 1.83. The number of piperidine rings is 1. The molecule has 0 spiro atoms. The SMILES string of the molecule is Cc1ccc(C(=O)NCc2cc3c(cc2F)C(=O)N(C2CCC(=O)NC2=O)C3)cc1. The minimum Gasteiger partial charge on any atom is -0.348 e. The number of imide groups is 1. The van der Waals surface area contributed by atoms with Gasteiger partial charge in [0.15, 0.2) is 0 Å². The zero-order chi connectivity index (χ0) is 21.4. The Kier molecular flexibility index (Phi) is 5.07. The molecular weight excluding hydrogens is 389 g/mol. The van der Waals surface area contributed by atoms with Crippen molar-refractivity contribution in [2.24, 2.45) is 0 Å². The molecule has 2 aliphatic heterocycles. The summed E-state index contributed by atoms with van der Waals surface area (Å²) in [7, 11) is 0. The number of hydrogen-bond donors (Lipinski definition) is 2. The molecule has 0 aliphatic carbocycles. The van der Waals surface area contributed by atoms with Crippen LogP contribution < -0.4 is 10.6 Å². The van der Waals surface area contributed by atoms with E-state index in [-0.39, 0.29) is 48.9 Å². The maximum Gasteiger partial charge on any atom is 0.255 e. The van der Waals surface area contributed by atoms with Gasteiger partial charge >= 0.3 is 0 Å². The highest BCUT2D eigenvalue weighted by molar-refractivity contribution is 6.05. The van der Waals surface area contributed by atoms with Crippen molar-refractivity contribution in [1.29, 1.82) is 0 Å². The molecule has 2 aromatic rings. The Morgan fingerprint density at radius 3 is 2.63 bits per heavy atom. The monoisotopic (exact) mass is 409 g/mol. The molecule has 0 radical (unpaired) electrons. The molecule has 1 unspecified atom stereocenters. The van der Waals surface area contributed by atoms with Crippen molar-refractivity contribution >= 4 is 23.6 Å². The summed E-state index contributed by atoms with van der Waals surface area (Å²) < 4.78 is 14.6. The van der Waals surface area contributed by atoms with Gasteiger partial charge < -0.3 is 10.2 Å². The fourth-order valence-corrected chi connectivity index (χ4v) is 3.76. The number of hydrogen-bond acceptors (Lipinski definition) is 4. The maximum absolute atomic E-state index is 14.6. The molecular formula is C22H20FN3O4. The van der Waals surface area contributed by atoms with E-state index in [2.05, 4.69) is 10.6 Å². The number of halogens is 1. The molecule has 1 fully saturated rings. The van der Waals surface area contributed by atoms with E-state index in [1.54, 1.807) is 18.2 Å². The number of nitrogens with one attached hydrogen (secondary N) is 2. The Morgan fingerprint density at radius 1 is 1.20 bits per heavy atom. The highest BCUT2D eigenvalue weighted by Crippen LogP contribution is 2.29. The van der Waals surface area contributed by atoms with Crippen molar-refractivity contribution in [2.75, 3.05) is 0 Å². The summed E-state index contributed by atoms with van der Waals surface area (Å²) in [6.07, 6.45) is 0.396. The molecule has 0 aromatic heterocycles. The lowest BCUT2D eigenvalue weighted by Crippen LogP contribution is -2.52. The number of benzene rings is 2. The normalized spacial score (nSPS) is 18.3. The van der Waals surface area contributed by atoms with E-state index in [0.717, 1.165) is 11.6 Å². The molecule has 30 heavy (non-hydrogen) atoms. The summed E-state index contributed by atoms with van der Waals surface area (Å²) >= 11 is 0. The highest BCUT2D eigenvalue weighted by atomic mass is 19.1. The zero-order valence-electron chi connectivity index (χ0n) is 16.3. The van der Waals surface area contributed by atoms with E-state index in [9.17, 15) is 23.6 Å². The average Bonchev–Trinajstić information content (AvgIpc) is 3.02. The number of aryl methyl sites for hydroxylation is 1. The van der Waals surface area contributed by atoms with Gasteiger partial charge in [-0.1, -0.05) is 17.7 Å². The molecule has 0 saturated carbocycles.